The summed E-state index contributed by atoms with van der Waals surface area (Å²) >= 11 is 0. The highest BCUT2D eigenvalue weighted by Gasteiger charge is 2.07. The molecule has 1 aromatic rings. The number of hydrogen-bond acceptors (Lipinski definition) is 3. The van der Waals surface area contributed by atoms with Crippen LogP contribution in [0.4, 0.5) is 0 Å². The average Bonchev–Trinajstić information content (AvgIpc) is 2.81. The topological polar surface area (TPSA) is 51.2 Å². The fourth-order valence-electron chi connectivity index (χ4n) is 1.90. The quantitative estimate of drug-likeness (QED) is 0.385. The molecule has 1 heterocycles. The molecular formula is C13H24N2O. The standard InChI is InChI=1S/C13H24N2O/c1-2-3-4-5-7-12(15-14)9-10-13-8-6-11-16-13/h6,8,11-12,15H,2-5,7,9-10,14H2,1H3. The molecule has 1 atom stereocenters. The summed E-state index contributed by atoms with van der Waals surface area (Å²) in [6.07, 6.45) is 10.1. The van der Waals surface area contributed by atoms with Crippen LogP contribution < -0.4 is 11.3 Å². The van der Waals surface area contributed by atoms with Crippen molar-refractivity contribution in [3.05, 3.63) is 24.2 Å². The van der Waals surface area contributed by atoms with Gasteiger partial charge < -0.3 is 4.42 Å². The summed E-state index contributed by atoms with van der Waals surface area (Å²) in [6, 6.07) is 4.37. The highest BCUT2D eigenvalue weighted by atomic mass is 16.3. The third-order valence-electron chi connectivity index (χ3n) is 2.96. The fourth-order valence-corrected chi connectivity index (χ4v) is 1.90. The molecule has 3 nitrogen and oxygen atoms in total. The van der Waals surface area contributed by atoms with E-state index in [4.69, 9.17) is 10.3 Å². The molecule has 0 amide bonds. The van der Waals surface area contributed by atoms with E-state index in [0.717, 1.165) is 25.0 Å². The molecule has 3 N–H and O–H groups in total. The van der Waals surface area contributed by atoms with Crippen molar-refractivity contribution in [2.45, 2.75) is 57.9 Å². The monoisotopic (exact) mass is 224 g/mol. The molecule has 0 aliphatic rings. The molecule has 1 rings (SSSR count). The maximum atomic E-state index is 5.55. The van der Waals surface area contributed by atoms with Gasteiger partial charge in [0.2, 0.25) is 0 Å². The summed E-state index contributed by atoms with van der Waals surface area (Å²) in [6.45, 7) is 2.23. The Hall–Kier alpha value is -0.800. The summed E-state index contributed by atoms with van der Waals surface area (Å²) in [4.78, 5) is 0. The van der Waals surface area contributed by atoms with Gasteiger partial charge in [0.05, 0.1) is 6.26 Å². The lowest BCUT2D eigenvalue weighted by Crippen LogP contribution is -2.35. The van der Waals surface area contributed by atoms with E-state index in [1.165, 1.54) is 25.7 Å². The third kappa shape index (κ3) is 5.33. The van der Waals surface area contributed by atoms with Crippen molar-refractivity contribution in [2.75, 3.05) is 0 Å². The van der Waals surface area contributed by atoms with Crippen LogP contribution in [0.25, 0.3) is 0 Å². The van der Waals surface area contributed by atoms with Gasteiger partial charge in [0, 0.05) is 12.5 Å². The molecule has 0 aliphatic carbocycles. The van der Waals surface area contributed by atoms with Crippen LogP contribution in [0.3, 0.4) is 0 Å². The van der Waals surface area contributed by atoms with E-state index >= 15 is 0 Å². The lowest BCUT2D eigenvalue weighted by atomic mass is 10.0. The smallest absolute Gasteiger partial charge is 0.103 e. The number of hydrogen-bond donors (Lipinski definition) is 2. The molecule has 0 bridgehead atoms. The van der Waals surface area contributed by atoms with Crippen molar-refractivity contribution in [3.8, 4) is 0 Å². The van der Waals surface area contributed by atoms with E-state index in [2.05, 4.69) is 12.3 Å². The van der Waals surface area contributed by atoms with Crippen LogP contribution in [-0.4, -0.2) is 6.04 Å². The molecule has 16 heavy (non-hydrogen) atoms. The second kappa shape index (κ2) is 8.36. The van der Waals surface area contributed by atoms with Gasteiger partial charge in [-0.25, -0.2) is 0 Å². The number of furan rings is 1. The highest BCUT2D eigenvalue weighted by Crippen LogP contribution is 2.11. The van der Waals surface area contributed by atoms with Crippen LogP contribution in [0.2, 0.25) is 0 Å². The van der Waals surface area contributed by atoms with E-state index in [0.29, 0.717) is 6.04 Å². The minimum absolute atomic E-state index is 0.418. The Morgan fingerprint density at radius 3 is 2.81 bits per heavy atom. The van der Waals surface area contributed by atoms with Gasteiger partial charge in [0.25, 0.3) is 0 Å². The summed E-state index contributed by atoms with van der Waals surface area (Å²) in [7, 11) is 0. The molecular weight excluding hydrogens is 200 g/mol. The lowest BCUT2D eigenvalue weighted by Gasteiger charge is -2.14. The van der Waals surface area contributed by atoms with Gasteiger partial charge in [0.15, 0.2) is 0 Å². The van der Waals surface area contributed by atoms with Gasteiger partial charge in [0.1, 0.15) is 5.76 Å². The lowest BCUT2D eigenvalue weighted by molar-refractivity contribution is 0.418. The second-order valence-electron chi connectivity index (χ2n) is 4.33. The maximum Gasteiger partial charge on any atom is 0.103 e. The predicted molar refractivity (Wildman–Crippen MR) is 66.9 cm³/mol. The van der Waals surface area contributed by atoms with Crippen LogP contribution in [0, 0.1) is 0 Å². The molecule has 1 unspecified atom stereocenters. The summed E-state index contributed by atoms with van der Waals surface area (Å²) in [5.74, 6) is 6.60. The first-order valence-corrected chi connectivity index (χ1v) is 6.35. The van der Waals surface area contributed by atoms with Crippen LogP contribution in [0.15, 0.2) is 22.8 Å². The van der Waals surface area contributed by atoms with Crippen molar-refractivity contribution in [2.24, 2.45) is 5.84 Å². The number of rotatable bonds is 9. The zero-order valence-corrected chi connectivity index (χ0v) is 10.2. The molecule has 0 aromatic carbocycles. The Morgan fingerprint density at radius 1 is 1.31 bits per heavy atom. The molecule has 0 saturated carbocycles. The minimum Gasteiger partial charge on any atom is -0.469 e. The van der Waals surface area contributed by atoms with E-state index in [-0.39, 0.29) is 0 Å². The first-order valence-electron chi connectivity index (χ1n) is 6.35. The zero-order chi connectivity index (χ0) is 11.6. The molecule has 0 radical (unpaired) electrons. The molecule has 0 fully saturated rings. The number of aryl methyl sites for hydroxylation is 1. The highest BCUT2D eigenvalue weighted by molar-refractivity contribution is 4.98. The van der Waals surface area contributed by atoms with Gasteiger partial charge in [-0.2, -0.15) is 0 Å². The van der Waals surface area contributed by atoms with E-state index in [1.54, 1.807) is 6.26 Å². The molecule has 0 spiro atoms. The number of nitrogens with two attached hydrogens (primary N) is 1. The van der Waals surface area contributed by atoms with E-state index < -0.39 is 0 Å². The Kier molecular flexibility index (Phi) is 6.93. The Labute approximate surface area is 98.4 Å². The van der Waals surface area contributed by atoms with Crippen LogP contribution in [0.5, 0.6) is 0 Å². The molecule has 3 heteroatoms. The molecule has 1 aromatic heterocycles. The summed E-state index contributed by atoms with van der Waals surface area (Å²) in [5.41, 5.74) is 2.90. The van der Waals surface area contributed by atoms with E-state index in [1.807, 2.05) is 12.1 Å². The Morgan fingerprint density at radius 2 is 2.19 bits per heavy atom. The van der Waals surface area contributed by atoms with Gasteiger partial charge in [-0.1, -0.05) is 32.6 Å². The maximum absolute atomic E-state index is 5.55. The minimum atomic E-state index is 0.418. The van der Waals surface area contributed by atoms with Crippen molar-refractivity contribution < 1.29 is 4.42 Å². The van der Waals surface area contributed by atoms with Crippen LogP contribution in [-0.2, 0) is 6.42 Å². The van der Waals surface area contributed by atoms with Crippen LogP contribution >= 0.6 is 0 Å². The van der Waals surface area contributed by atoms with Crippen molar-refractivity contribution >= 4 is 0 Å². The fraction of sp³-hybridized carbons (Fsp3) is 0.692. The van der Waals surface area contributed by atoms with Gasteiger partial charge in [-0.05, 0) is 25.0 Å². The normalized spacial score (nSPS) is 12.9. The average molecular weight is 224 g/mol. The Bertz CT molecular complexity index is 246. The molecule has 0 aliphatic heterocycles. The number of hydrazine groups is 1. The van der Waals surface area contributed by atoms with Gasteiger partial charge in [-0.3, -0.25) is 11.3 Å². The molecule has 92 valence electrons. The van der Waals surface area contributed by atoms with Crippen molar-refractivity contribution in [1.82, 2.24) is 5.43 Å². The summed E-state index contributed by atoms with van der Waals surface area (Å²) < 4.78 is 5.30. The first-order chi connectivity index (χ1) is 7.86. The van der Waals surface area contributed by atoms with Crippen molar-refractivity contribution in [1.29, 1.82) is 0 Å². The Balaban J connectivity index is 2.11. The SMILES string of the molecule is CCCCCCC(CCc1ccco1)NN. The predicted octanol–water partition coefficient (Wildman–Crippen LogP) is 3.01. The largest absolute Gasteiger partial charge is 0.469 e. The summed E-state index contributed by atoms with van der Waals surface area (Å²) in [5, 5.41) is 0. The van der Waals surface area contributed by atoms with E-state index in [9.17, 15) is 0 Å². The molecule has 0 saturated heterocycles. The number of nitrogens with one attached hydrogen (secondary N) is 1. The van der Waals surface area contributed by atoms with Gasteiger partial charge in [-0.15, -0.1) is 0 Å². The second-order valence-corrected chi connectivity index (χ2v) is 4.33. The van der Waals surface area contributed by atoms with Crippen LogP contribution in [0.1, 0.15) is 51.2 Å². The zero-order valence-electron chi connectivity index (χ0n) is 10.2. The third-order valence-corrected chi connectivity index (χ3v) is 2.96. The van der Waals surface area contributed by atoms with Gasteiger partial charge >= 0.3 is 0 Å². The number of unbranched alkanes of at least 4 members (excludes halogenated alkanes) is 3. The first kappa shape index (κ1) is 13.3. The van der Waals surface area contributed by atoms with Crippen molar-refractivity contribution in [3.63, 3.8) is 0 Å².